The van der Waals surface area contributed by atoms with E-state index >= 15 is 0 Å². The lowest BCUT2D eigenvalue weighted by molar-refractivity contribution is 0.0998. The number of rotatable bonds is 4. The molecule has 1 aromatic heterocycles. The van der Waals surface area contributed by atoms with Gasteiger partial charge in [0.05, 0.1) is 6.10 Å². The van der Waals surface area contributed by atoms with Crippen molar-refractivity contribution < 1.29 is 9.52 Å². The van der Waals surface area contributed by atoms with Crippen LogP contribution in [0.5, 0.6) is 0 Å². The first-order valence-electron chi connectivity index (χ1n) is 7.04. The van der Waals surface area contributed by atoms with Crippen molar-refractivity contribution in [2.24, 2.45) is 5.92 Å². The summed E-state index contributed by atoms with van der Waals surface area (Å²) in [6.45, 7) is 7.17. The maximum absolute atomic E-state index is 9.67. The second kappa shape index (κ2) is 5.89. The Labute approximate surface area is 110 Å². The van der Waals surface area contributed by atoms with Crippen LogP contribution in [0, 0.1) is 19.8 Å². The summed E-state index contributed by atoms with van der Waals surface area (Å²) >= 11 is 0. The first kappa shape index (κ1) is 13.6. The van der Waals surface area contributed by atoms with E-state index in [4.69, 9.17) is 4.42 Å². The molecular formula is C15H25NO2. The maximum atomic E-state index is 9.67. The van der Waals surface area contributed by atoms with Gasteiger partial charge in [0.2, 0.25) is 0 Å². The average molecular weight is 251 g/mol. The van der Waals surface area contributed by atoms with Crippen molar-refractivity contribution >= 4 is 0 Å². The molecule has 1 aliphatic rings. The van der Waals surface area contributed by atoms with Crippen LogP contribution in [0.1, 0.15) is 55.7 Å². The van der Waals surface area contributed by atoms with Crippen molar-refractivity contribution in [1.29, 1.82) is 0 Å². The van der Waals surface area contributed by atoms with Crippen LogP contribution in [0.4, 0.5) is 0 Å². The molecule has 0 aliphatic heterocycles. The highest BCUT2D eigenvalue weighted by Crippen LogP contribution is 2.25. The third-order valence-corrected chi connectivity index (χ3v) is 4.01. The summed E-state index contributed by atoms with van der Waals surface area (Å²) < 4.78 is 5.56. The molecule has 0 saturated heterocycles. The van der Waals surface area contributed by atoms with Crippen LogP contribution in [-0.2, 0) is 0 Å². The summed E-state index contributed by atoms with van der Waals surface area (Å²) in [4.78, 5) is 0. The second-order valence-corrected chi connectivity index (χ2v) is 5.68. The summed E-state index contributed by atoms with van der Waals surface area (Å²) in [5.41, 5.74) is 1.25. The fourth-order valence-electron chi connectivity index (χ4n) is 2.98. The van der Waals surface area contributed by atoms with Gasteiger partial charge in [-0.25, -0.2) is 0 Å². The minimum atomic E-state index is -0.0845. The van der Waals surface area contributed by atoms with E-state index in [9.17, 15) is 5.11 Å². The predicted octanol–water partition coefficient (Wildman–Crippen LogP) is 3.10. The van der Waals surface area contributed by atoms with Crippen molar-refractivity contribution in [3.05, 3.63) is 23.2 Å². The molecule has 18 heavy (non-hydrogen) atoms. The zero-order chi connectivity index (χ0) is 13.1. The van der Waals surface area contributed by atoms with Gasteiger partial charge in [0.15, 0.2) is 0 Å². The number of aliphatic hydroxyl groups excluding tert-OH is 1. The molecule has 0 aromatic carbocycles. The lowest BCUT2D eigenvalue weighted by Crippen LogP contribution is -2.30. The fourth-order valence-corrected chi connectivity index (χ4v) is 2.98. The molecule has 1 fully saturated rings. The van der Waals surface area contributed by atoms with E-state index in [0.29, 0.717) is 12.0 Å². The predicted molar refractivity (Wildman–Crippen MR) is 72.6 cm³/mol. The molecule has 2 N–H and O–H groups in total. The molecule has 1 aromatic rings. The summed E-state index contributed by atoms with van der Waals surface area (Å²) in [5, 5.41) is 13.2. The van der Waals surface area contributed by atoms with Crippen LogP contribution in [0.25, 0.3) is 0 Å². The highest BCUT2D eigenvalue weighted by Gasteiger charge is 2.21. The Bertz CT molecular complexity index is 386. The van der Waals surface area contributed by atoms with Gasteiger partial charge < -0.3 is 14.8 Å². The molecule has 3 unspecified atom stereocenters. The van der Waals surface area contributed by atoms with Crippen molar-refractivity contribution in [2.75, 3.05) is 6.54 Å². The maximum Gasteiger partial charge on any atom is 0.105 e. The normalized spacial score (nSPS) is 26.2. The van der Waals surface area contributed by atoms with Crippen LogP contribution in [0.3, 0.4) is 0 Å². The van der Waals surface area contributed by atoms with E-state index < -0.39 is 0 Å². The van der Waals surface area contributed by atoms with Crippen molar-refractivity contribution in [2.45, 2.75) is 58.6 Å². The van der Waals surface area contributed by atoms with Crippen LogP contribution in [-0.4, -0.2) is 17.8 Å². The molecule has 0 radical (unpaired) electrons. The fraction of sp³-hybridized carbons (Fsp3) is 0.733. The Hall–Kier alpha value is -0.800. The number of nitrogens with one attached hydrogen (secondary N) is 1. The van der Waals surface area contributed by atoms with Gasteiger partial charge in [-0.2, -0.15) is 0 Å². The topological polar surface area (TPSA) is 45.4 Å². The number of furan rings is 1. The molecule has 1 heterocycles. The van der Waals surface area contributed by atoms with Gasteiger partial charge in [-0.15, -0.1) is 0 Å². The van der Waals surface area contributed by atoms with Gasteiger partial charge in [-0.3, -0.25) is 0 Å². The van der Waals surface area contributed by atoms with Gasteiger partial charge in [0.1, 0.15) is 11.5 Å². The zero-order valence-electron chi connectivity index (χ0n) is 11.7. The molecule has 0 bridgehead atoms. The van der Waals surface area contributed by atoms with E-state index in [1.807, 2.05) is 13.8 Å². The number of hydrogen-bond donors (Lipinski definition) is 2. The molecule has 0 amide bonds. The van der Waals surface area contributed by atoms with Crippen LogP contribution in [0.2, 0.25) is 0 Å². The van der Waals surface area contributed by atoms with Gasteiger partial charge in [0, 0.05) is 11.6 Å². The lowest BCUT2D eigenvalue weighted by atomic mass is 9.87. The first-order valence-corrected chi connectivity index (χ1v) is 7.04. The Balaban J connectivity index is 1.84. The molecule has 3 nitrogen and oxygen atoms in total. The van der Waals surface area contributed by atoms with E-state index in [2.05, 4.69) is 18.3 Å². The number of hydrogen-bond acceptors (Lipinski definition) is 3. The molecule has 0 spiro atoms. The molecular weight excluding hydrogens is 226 g/mol. The minimum Gasteiger partial charge on any atom is -0.466 e. The van der Waals surface area contributed by atoms with Crippen LogP contribution in [0.15, 0.2) is 10.5 Å². The Morgan fingerprint density at radius 2 is 2.22 bits per heavy atom. The minimum absolute atomic E-state index is 0.0845. The molecule has 102 valence electrons. The quantitative estimate of drug-likeness (QED) is 0.864. The van der Waals surface area contributed by atoms with Gasteiger partial charge in [0.25, 0.3) is 0 Å². The Kier molecular flexibility index (Phi) is 4.46. The highest BCUT2D eigenvalue weighted by molar-refractivity contribution is 5.23. The summed E-state index contributed by atoms with van der Waals surface area (Å²) in [5.74, 6) is 2.60. The number of aryl methyl sites for hydroxylation is 2. The molecule has 1 saturated carbocycles. The van der Waals surface area contributed by atoms with Crippen LogP contribution < -0.4 is 5.32 Å². The first-order chi connectivity index (χ1) is 8.56. The third kappa shape index (κ3) is 3.36. The van der Waals surface area contributed by atoms with E-state index in [1.165, 1.54) is 12.0 Å². The van der Waals surface area contributed by atoms with Crippen molar-refractivity contribution in [3.8, 4) is 0 Å². The van der Waals surface area contributed by atoms with E-state index in [0.717, 1.165) is 37.3 Å². The van der Waals surface area contributed by atoms with Crippen LogP contribution >= 0.6 is 0 Å². The van der Waals surface area contributed by atoms with Crippen molar-refractivity contribution in [1.82, 2.24) is 5.32 Å². The molecule has 1 aliphatic carbocycles. The monoisotopic (exact) mass is 251 g/mol. The average Bonchev–Trinajstić information content (AvgIpc) is 2.66. The largest absolute Gasteiger partial charge is 0.466 e. The molecule has 2 rings (SSSR count). The molecule has 3 heteroatoms. The van der Waals surface area contributed by atoms with E-state index in [-0.39, 0.29) is 6.10 Å². The SMILES string of the molecule is Cc1cc(C(C)NCC2CCCC(O)C2)c(C)o1. The smallest absolute Gasteiger partial charge is 0.105 e. The van der Waals surface area contributed by atoms with E-state index in [1.54, 1.807) is 0 Å². The van der Waals surface area contributed by atoms with Gasteiger partial charge in [-0.1, -0.05) is 6.42 Å². The summed E-state index contributed by atoms with van der Waals surface area (Å²) in [6.07, 6.45) is 4.24. The van der Waals surface area contributed by atoms with Gasteiger partial charge in [-0.05, 0) is 58.6 Å². The summed E-state index contributed by atoms with van der Waals surface area (Å²) in [6, 6.07) is 2.43. The van der Waals surface area contributed by atoms with Gasteiger partial charge >= 0.3 is 0 Å². The second-order valence-electron chi connectivity index (χ2n) is 5.68. The highest BCUT2D eigenvalue weighted by atomic mass is 16.3. The Morgan fingerprint density at radius 3 is 2.83 bits per heavy atom. The standard InChI is InChI=1S/C15H25NO2/c1-10-7-15(12(3)18-10)11(2)16-9-13-5-4-6-14(17)8-13/h7,11,13-14,16-17H,4-6,8-9H2,1-3H3. The molecule has 3 atom stereocenters. The lowest BCUT2D eigenvalue weighted by Gasteiger charge is -2.27. The Morgan fingerprint density at radius 1 is 1.44 bits per heavy atom. The summed E-state index contributed by atoms with van der Waals surface area (Å²) in [7, 11) is 0. The van der Waals surface area contributed by atoms with Crippen molar-refractivity contribution in [3.63, 3.8) is 0 Å². The zero-order valence-corrected chi connectivity index (χ0v) is 11.7. The third-order valence-electron chi connectivity index (χ3n) is 4.01. The number of aliphatic hydroxyl groups is 1.